The second-order valence-electron chi connectivity index (χ2n) is 5.37. The standard InChI is InChI=1S/C17H20N2O3S/c1-12(20)9-14(13-5-3-2-4-6-13)10-18-16(21)17(22)19-15-7-8-23-11-15/h2-8,11-12,14,20H,9-10H2,1H3,(H,18,21)(H,19,22). The Bertz CT molecular complexity index is 627. The zero-order valence-corrected chi connectivity index (χ0v) is 13.7. The zero-order valence-electron chi connectivity index (χ0n) is 12.9. The number of nitrogens with one attached hydrogen (secondary N) is 2. The molecule has 1 aromatic heterocycles. The van der Waals surface area contributed by atoms with Crippen molar-refractivity contribution in [1.29, 1.82) is 0 Å². The van der Waals surface area contributed by atoms with E-state index >= 15 is 0 Å². The molecule has 2 atom stereocenters. The fourth-order valence-corrected chi connectivity index (χ4v) is 2.88. The molecule has 0 bridgehead atoms. The number of hydrogen-bond acceptors (Lipinski definition) is 4. The van der Waals surface area contributed by atoms with Gasteiger partial charge in [0.1, 0.15) is 0 Å². The molecule has 1 heterocycles. The molecule has 0 aliphatic rings. The van der Waals surface area contributed by atoms with Crippen molar-refractivity contribution >= 4 is 28.8 Å². The molecule has 23 heavy (non-hydrogen) atoms. The van der Waals surface area contributed by atoms with Gasteiger partial charge in [0.25, 0.3) is 0 Å². The highest BCUT2D eigenvalue weighted by atomic mass is 32.1. The molecule has 2 rings (SSSR count). The topological polar surface area (TPSA) is 78.4 Å². The number of thiophene rings is 1. The van der Waals surface area contributed by atoms with Crippen molar-refractivity contribution in [1.82, 2.24) is 5.32 Å². The van der Waals surface area contributed by atoms with Crippen LogP contribution in [0.5, 0.6) is 0 Å². The van der Waals surface area contributed by atoms with E-state index in [4.69, 9.17) is 0 Å². The molecule has 0 saturated carbocycles. The SMILES string of the molecule is CC(O)CC(CNC(=O)C(=O)Nc1ccsc1)c1ccccc1. The number of rotatable bonds is 6. The molecule has 0 radical (unpaired) electrons. The van der Waals surface area contributed by atoms with Crippen LogP contribution in [-0.2, 0) is 9.59 Å². The van der Waals surface area contributed by atoms with Gasteiger partial charge in [-0.05, 0) is 30.4 Å². The lowest BCUT2D eigenvalue weighted by molar-refractivity contribution is -0.136. The summed E-state index contributed by atoms with van der Waals surface area (Å²) in [4.78, 5) is 23.7. The molecule has 0 saturated heterocycles. The predicted molar refractivity (Wildman–Crippen MR) is 91.4 cm³/mol. The van der Waals surface area contributed by atoms with Gasteiger partial charge in [0.05, 0.1) is 11.8 Å². The molecule has 0 aliphatic carbocycles. The van der Waals surface area contributed by atoms with Gasteiger partial charge in [-0.2, -0.15) is 11.3 Å². The third-order valence-corrected chi connectivity index (χ3v) is 4.07. The number of carbonyl (C=O) groups excluding carboxylic acids is 2. The first-order chi connectivity index (χ1) is 11.1. The summed E-state index contributed by atoms with van der Waals surface area (Å²) in [6, 6.07) is 11.4. The lowest BCUT2D eigenvalue weighted by Gasteiger charge is -2.19. The number of aliphatic hydroxyl groups excluding tert-OH is 1. The Balaban J connectivity index is 1.92. The summed E-state index contributed by atoms with van der Waals surface area (Å²) in [5, 5.41) is 18.4. The molecule has 2 amide bonds. The third kappa shape index (κ3) is 5.50. The molecule has 0 fully saturated rings. The second kappa shape index (κ2) is 8.45. The molecular weight excluding hydrogens is 312 g/mol. The summed E-state index contributed by atoms with van der Waals surface area (Å²) in [5.41, 5.74) is 1.63. The maximum Gasteiger partial charge on any atom is 0.313 e. The van der Waals surface area contributed by atoms with Crippen LogP contribution in [0.3, 0.4) is 0 Å². The van der Waals surface area contributed by atoms with Crippen molar-refractivity contribution in [2.24, 2.45) is 0 Å². The Hall–Kier alpha value is -2.18. The molecule has 5 nitrogen and oxygen atoms in total. The van der Waals surface area contributed by atoms with Crippen LogP contribution >= 0.6 is 11.3 Å². The number of aliphatic hydroxyl groups is 1. The van der Waals surface area contributed by atoms with Crippen LogP contribution in [0.25, 0.3) is 0 Å². The first kappa shape index (κ1) is 17.2. The Labute approximate surface area is 139 Å². The van der Waals surface area contributed by atoms with Crippen molar-refractivity contribution < 1.29 is 14.7 Å². The Kier molecular flexibility index (Phi) is 6.31. The van der Waals surface area contributed by atoms with Gasteiger partial charge in [0, 0.05) is 17.8 Å². The quantitative estimate of drug-likeness (QED) is 0.711. The number of anilines is 1. The normalized spacial score (nSPS) is 13.1. The van der Waals surface area contributed by atoms with Crippen LogP contribution < -0.4 is 10.6 Å². The number of hydrogen-bond donors (Lipinski definition) is 3. The first-order valence-corrected chi connectivity index (χ1v) is 8.35. The van der Waals surface area contributed by atoms with E-state index in [9.17, 15) is 14.7 Å². The maximum absolute atomic E-state index is 11.9. The summed E-state index contributed by atoms with van der Waals surface area (Å²) in [6.45, 7) is 2.01. The van der Waals surface area contributed by atoms with Crippen molar-refractivity contribution in [3.63, 3.8) is 0 Å². The molecule has 3 N–H and O–H groups in total. The molecule has 0 aliphatic heterocycles. The minimum absolute atomic E-state index is 0.0471. The highest BCUT2D eigenvalue weighted by Gasteiger charge is 2.18. The molecule has 2 unspecified atom stereocenters. The summed E-state index contributed by atoms with van der Waals surface area (Å²) in [6.07, 6.45) is 0.0212. The highest BCUT2D eigenvalue weighted by molar-refractivity contribution is 7.08. The number of amides is 2. The highest BCUT2D eigenvalue weighted by Crippen LogP contribution is 2.20. The van der Waals surface area contributed by atoms with Crippen LogP contribution in [-0.4, -0.2) is 29.6 Å². The van der Waals surface area contributed by atoms with Gasteiger partial charge in [-0.25, -0.2) is 0 Å². The van der Waals surface area contributed by atoms with Gasteiger partial charge < -0.3 is 15.7 Å². The van der Waals surface area contributed by atoms with Crippen LogP contribution in [0.4, 0.5) is 5.69 Å². The van der Waals surface area contributed by atoms with Crippen LogP contribution in [0.1, 0.15) is 24.8 Å². The van der Waals surface area contributed by atoms with E-state index < -0.39 is 17.9 Å². The Morgan fingerprint density at radius 3 is 2.52 bits per heavy atom. The zero-order chi connectivity index (χ0) is 16.7. The van der Waals surface area contributed by atoms with Gasteiger partial charge >= 0.3 is 11.8 Å². The smallest absolute Gasteiger partial charge is 0.313 e. The van der Waals surface area contributed by atoms with E-state index in [1.54, 1.807) is 18.4 Å². The average molecular weight is 332 g/mol. The van der Waals surface area contributed by atoms with Crippen molar-refractivity contribution in [3.8, 4) is 0 Å². The van der Waals surface area contributed by atoms with Crippen molar-refractivity contribution in [2.45, 2.75) is 25.4 Å². The fraction of sp³-hybridized carbons (Fsp3) is 0.294. The van der Waals surface area contributed by atoms with E-state index in [0.29, 0.717) is 18.7 Å². The summed E-state index contributed by atoms with van der Waals surface area (Å²) in [7, 11) is 0. The fourth-order valence-electron chi connectivity index (χ4n) is 2.29. The van der Waals surface area contributed by atoms with Gasteiger partial charge in [-0.15, -0.1) is 0 Å². The van der Waals surface area contributed by atoms with Gasteiger partial charge in [0.15, 0.2) is 0 Å². The molecular formula is C17H20N2O3S. The van der Waals surface area contributed by atoms with E-state index in [1.165, 1.54) is 11.3 Å². The first-order valence-electron chi connectivity index (χ1n) is 7.40. The third-order valence-electron chi connectivity index (χ3n) is 3.39. The summed E-state index contributed by atoms with van der Waals surface area (Å²) in [5.74, 6) is -1.41. The lowest BCUT2D eigenvalue weighted by atomic mass is 9.93. The van der Waals surface area contributed by atoms with Gasteiger partial charge in [0.2, 0.25) is 0 Å². The van der Waals surface area contributed by atoms with Gasteiger partial charge in [-0.1, -0.05) is 30.3 Å². The molecule has 1 aromatic carbocycles. The van der Waals surface area contributed by atoms with Crippen LogP contribution in [0.15, 0.2) is 47.2 Å². The lowest BCUT2D eigenvalue weighted by Crippen LogP contribution is -2.38. The summed E-state index contributed by atoms with van der Waals surface area (Å²) >= 11 is 1.44. The minimum Gasteiger partial charge on any atom is -0.393 e. The second-order valence-corrected chi connectivity index (χ2v) is 6.15. The van der Waals surface area contributed by atoms with Gasteiger partial charge in [-0.3, -0.25) is 9.59 Å². The van der Waals surface area contributed by atoms with E-state index in [-0.39, 0.29) is 5.92 Å². The maximum atomic E-state index is 11.9. The molecule has 2 aromatic rings. The Morgan fingerprint density at radius 2 is 1.91 bits per heavy atom. The molecule has 122 valence electrons. The average Bonchev–Trinajstić information content (AvgIpc) is 3.04. The van der Waals surface area contributed by atoms with E-state index in [0.717, 1.165) is 5.56 Å². The number of carbonyl (C=O) groups is 2. The number of benzene rings is 1. The van der Waals surface area contributed by atoms with E-state index in [2.05, 4.69) is 10.6 Å². The van der Waals surface area contributed by atoms with E-state index in [1.807, 2.05) is 35.7 Å². The monoisotopic (exact) mass is 332 g/mol. The Morgan fingerprint density at radius 1 is 1.17 bits per heavy atom. The van der Waals surface area contributed by atoms with Crippen molar-refractivity contribution in [2.75, 3.05) is 11.9 Å². The largest absolute Gasteiger partial charge is 0.393 e. The minimum atomic E-state index is -0.688. The molecule has 6 heteroatoms. The summed E-state index contributed by atoms with van der Waals surface area (Å²) < 4.78 is 0. The molecule has 0 spiro atoms. The predicted octanol–water partition coefficient (Wildman–Crippen LogP) is 2.36. The van der Waals surface area contributed by atoms with Crippen LogP contribution in [0, 0.1) is 0 Å². The van der Waals surface area contributed by atoms with Crippen molar-refractivity contribution in [3.05, 3.63) is 52.7 Å². The van der Waals surface area contributed by atoms with Crippen LogP contribution in [0.2, 0.25) is 0 Å².